The molecular formula is C22H40N6O. The Morgan fingerprint density at radius 1 is 0.759 bits per heavy atom. The highest BCUT2D eigenvalue weighted by molar-refractivity contribution is 5.92. The zero-order chi connectivity index (χ0) is 21.1. The summed E-state index contributed by atoms with van der Waals surface area (Å²) in [4.78, 5) is 22.4. The van der Waals surface area contributed by atoms with Crippen LogP contribution in [0.4, 0.5) is 11.4 Å². The number of nitrogens with one attached hydrogen (secondary N) is 1. The number of carbonyl (C=O) groups excluding carboxylic acids is 1. The first-order chi connectivity index (χ1) is 14.0. The van der Waals surface area contributed by atoms with Crippen molar-refractivity contribution in [1.82, 2.24) is 19.6 Å². The fourth-order valence-electron chi connectivity index (χ4n) is 3.66. The standard InChI is InChI=1S/C22H40N6O/c1-4-25-11-13-26(5-2)15-17-28(18-16-27(6-3)14-12-25)19-22(29)24-21-9-7-20(23)8-10-21/h7-10H,4-6,11-19,23H2,1-3H3,(H,24,29). The van der Waals surface area contributed by atoms with Gasteiger partial charge in [0.25, 0.3) is 0 Å². The Morgan fingerprint density at radius 3 is 1.52 bits per heavy atom. The van der Waals surface area contributed by atoms with Crippen LogP contribution in [0.3, 0.4) is 0 Å². The molecule has 2 rings (SSSR count). The van der Waals surface area contributed by atoms with Crippen LogP contribution in [0.5, 0.6) is 0 Å². The molecule has 7 heteroatoms. The van der Waals surface area contributed by atoms with E-state index in [0.717, 1.165) is 77.7 Å². The molecule has 0 aliphatic carbocycles. The van der Waals surface area contributed by atoms with Gasteiger partial charge >= 0.3 is 0 Å². The second kappa shape index (κ2) is 12.8. The molecule has 1 aromatic rings. The second-order valence-corrected chi connectivity index (χ2v) is 7.75. The molecule has 1 heterocycles. The van der Waals surface area contributed by atoms with Crippen LogP contribution in [0.1, 0.15) is 20.8 Å². The Bertz CT molecular complexity index is 573. The van der Waals surface area contributed by atoms with E-state index in [-0.39, 0.29) is 5.91 Å². The molecule has 1 aliphatic heterocycles. The van der Waals surface area contributed by atoms with Crippen molar-refractivity contribution >= 4 is 17.3 Å². The molecule has 0 saturated carbocycles. The van der Waals surface area contributed by atoms with E-state index in [1.54, 1.807) is 0 Å². The largest absolute Gasteiger partial charge is 0.399 e. The lowest BCUT2D eigenvalue weighted by atomic mass is 10.3. The van der Waals surface area contributed by atoms with Crippen LogP contribution in [-0.2, 0) is 4.79 Å². The van der Waals surface area contributed by atoms with Crippen LogP contribution in [0.15, 0.2) is 24.3 Å². The van der Waals surface area contributed by atoms with E-state index in [0.29, 0.717) is 12.2 Å². The molecule has 1 amide bonds. The first-order valence-electron chi connectivity index (χ1n) is 11.1. The highest BCUT2D eigenvalue weighted by Gasteiger charge is 2.16. The molecule has 0 aromatic heterocycles. The SMILES string of the molecule is CCN1CCN(CC)CCN(CC(=O)Nc2ccc(N)cc2)CCN(CC)CC1. The maximum absolute atomic E-state index is 12.6. The van der Waals surface area contributed by atoms with E-state index < -0.39 is 0 Å². The molecule has 1 aliphatic rings. The Labute approximate surface area is 176 Å². The van der Waals surface area contributed by atoms with Gasteiger partial charge in [0, 0.05) is 63.7 Å². The van der Waals surface area contributed by atoms with Gasteiger partial charge in [-0.25, -0.2) is 0 Å². The number of carbonyl (C=O) groups is 1. The van der Waals surface area contributed by atoms with E-state index in [9.17, 15) is 4.79 Å². The van der Waals surface area contributed by atoms with Gasteiger partial charge in [-0.05, 0) is 43.9 Å². The quantitative estimate of drug-likeness (QED) is 0.700. The summed E-state index contributed by atoms with van der Waals surface area (Å²) in [6, 6.07) is 7.31. The summed E-state index contributed by atoms with van der Waals surface area (Å²) < 4.78 is 0. The fraction of sp³-hybridized carbons (Fsp3) is 0.682. The molecule has 164 valence electrons. The number of hydrogen-bond acceptors (Lipinski definition) is 6. The Hall–Kier alpha value is -1.67. The summed E-state index contributed by atoms with van der Waals surface area (Å²) in [5.41, 5.74) is 7.22. The average molecular weight is 405 g/mol. The zero-order valence-electron chi connectivity index (χ0n) is 18.6. The summed E-state index contributed by atoms with van der Waals surface area (Å²) in [7, 11) is 0. The number of benzene rings is 1. The third-order valence-corrected chi connectivity index (χ3v) is 5.83. The topological polar surface area (TPSA) is 68.1 Å². The van der Waals surface area contributed by atoms with Crippen LogP contribution < -0.4 is 11.1 Å². The molecule has 0 spiro atoms. The van der Waals surface area contributed by atoms with Crippen molar-refractivity contribution in [3.63, 3.8) is 0 Å². The van der Waals surface area contributed by atoms with Crippen LogP contribution in [0.2, 0.25) is 0 Å². The van der Waals surface area contributed by atoms with E-state index in [1.807, 2.05) is 24.3 Å². The van der Waals surface area contributed by atoms with E-state index >= 15 is 0 Å². The number of likely N-dealkylation sites (N-methyl/N-ethyl adjacent to an activating group) is 3. The minimum Gasteiger partial charge on any atom is -0.399 e. The molecule has 7 nitrogen and oxygen atoms in total. The molecule has 0 unspecified atom stereocenters. The number of rotatable bonds is 6. The van der Waals surface area contributed by atoms with Crippen LogP contribution in [-0.4, -0.2) is 104 Å². The normalized spacial score (nSPS) is 19.4. The molecule has 1 saturated heterocycles. The van der Waals surface area contributed by atoms with E-state index in [4.69, 9.17) is 5.73 Å². The van der Waals surface area contributed by atoms with Gasteiger partial charge in [-0.2, -0.15) is 0 Å². The van der Waals surface area contributed by atoms with Crippen molar-refractivity contribution in [1.29, 1.82) is 0 Å². The van der Waals surface area contributed by atoms with Crippen molar-refractivity contribution in [3.8, 4) is 0 Å². The monoisotopic (exact) mass is 404 g/mol. The van der Waals surface area contributed by atoms with Crippen LogP contribution >= 0.6 is 0 Å². The second-order valence-electron chi connectivity index (χ2n) is 7.75. The molecule has 1 aromatic carbocycles. The fourth-order valence-corrected chi connectivity index (χ4v) is 3.66. The number of nitrogens with two attached hydrogens (primary N) is 1. The Kier molecular flexibility index (Phi) is 10.4. The summed E-state index contributed by atoms with van der Waals surface area (Å²) in [5, 5.41) is 3.00. The van der Waals surface area contributed by atoms with Gasteiger partial charge in [0.1, 0.15) is 0 Å². The van der Waals surface area contributed by atoms with Crippen LogP contribution in [0, 0.1) is 0 Å². The highest BCUT2D eigenvalue weighted by Crippen LogP contribution is 2.10. The van der Waals surface area contributed by atoms with Crippen molar-refractivity contribution in [2.24, 2.45) is 0 Å². The van der Waals surface area contributed by atoms with Crippen molar-refractivity contribution < 1.29 is 4.79 Å². The van der Waals surface area contributed by atoms with E-state index in [2.05, 4.69) is 45.7 Å². The van der Waals surface area contributed by atoms with Gasteiger partial charge in [0.2, 0.25) is 5.91 Å². The minimum atomic E-state index is 0.0325. The molecule has 0 radical (unpaired) electrons. The number of anilines is 2. The zero-order valence-corrected chi connectivity index (χ0v) is 18.6. The molecule has 1 fully saturated rings. The predicted octanol–water partition coefficient (Wildman–Crippen LogP) is 1.49. The Balaban J connectivity index is 1.96. The summed E-state index contributed by atoms with van der Waals surface area (Å²) in [6.45, 7) is 18.5. The number of amides is 1. The molecule has 29 heavy (non-hydrogen) atoms. The smallest absolute Gasteiger partial charge is 0.238 e. The predicted molar refractivity (Wildman–Crippen MR) is 122 cm³/mol. The summed E-state index contributed by atoms with van der Waals surface area (Å²) >= 11 is 0. The molecule has 0 atom stereocenters. The lowest BCUT2D eigenvalue weighted by Crippen LogP contribution is -2.47. The first kappa shape index (κ1) is 23.6. The van der Waals surface area contributed by atoms with Gasteiger partial charge in [-0.15, -0.1) is 0 Å². The van der Waals surface area contributed by atoms with Crippen molar-refractivity contribution in [2.75, 3.05) is 89.6 Å². The third-order valence-electron chi connectivity index (χ3n) is 5.83. The molecule has 3 N–H and O–H groups in total. The Morgan fingerprint density at radius 2 is 1.14 bits per heavy atom. The highest BCUT2D eigenvalue weighted by atomic mass is 16.2. The van der Waals surface area contributed by atoms with Gasteiger partial charge in [-0.1, -0.05) is 20.8 Å². The van der Waals surface area contributed by atoms with Crippen molar-refractivity contribution in [2.45, 2.75) is 20.8 Å². The summed E-state index contributed by atoms with van der Waals surface area (Å²) in [6.07, 6.45) is 0. The lowest BCUT2D eigenvalue weighted by molar-refractivity contribution is -0.117. The maximum atomic E-state index is 12.6. The lowest BCUT2D eigenvalue weighted by Gasteiger charge is -2.33. The van der Waals surface area contributed by atoms with Gasteiger partial charge in [0.05, 0.1) is 6.54 Å². The summed E-state index contributed by atoms with van der Waals surface area (Å²) in [5.74, 6) is 0.0325. The number of nitrogens with zero attached hydrogens (tertiary/aromatic N) is 4. The van der Waals surface area contributed by atoms with Crippen LogP contribution in [0.25, 0.3) is 0 Å². The van der Waals surface area contributed by atoms with Gasteiger partial charge in [-0.3, -0.25) is 9.69 Å². The maximum Gasteiger partial charge on any atom is 0.238 e. The molecular weight excluding hydrogens is 364 g/mol. The number of hydrogen-bond donors (Lipinski definition) is 2. The minimum absolute atomic E-state index is 0.0325. The first-order valence-corrected chi connectivity index (χ1v) is 11.1. The van der Waals surface area contributed by atoms with Gasteiger partial charge < -0.3 is 25.8 Å². The molecule has 0 bridgehead atoms. The van der Waals surface area contributed by atoms with E-state index in [1.165, 1.54) is 0 Å². The van der Waals surface area contributed by atoms with Gasteiger partial charge in [0.15, 0.2) is 0 Å². The average Bonchev–Trinajstić information content (AvgIpc) is 2.72. The third kappa shape index (κ3) is 8.70. The van der Waals surface area contributed by atoms with Crippen molar-refractivity contribution in [3.05, 3.63) is 24.3 Å². The number of nitrogen functional groups attached to an aromatic ring is 1.